The van der Waals surface area contributed by atoms with Crippen LogP contribution in [0.25, 0.3) is 11.3 Å². The lowest BCUT2D eigenvalue weighted by Gasteiger charge is -2.45. The number of hydrogen-bond donors (Lipinski definition) is 2. The second-order valence-electron chi connectivity index (χ2n) is 12.6. The highest BCUT2D eigenvalue weighted by molar-refractivity contribution is 5.57. The van der Waals surface area contributed by atoms with Crippen molar-refractivity contribution in [2.75, 3.05) is 25.0 Å². The standard InChI is InChI=1S/C27H37N3O.C11H10N2O/c31-22-28-18-14-25(29-24-12-5-2-6-13-24)20-26(23-10-3-1-4-11-23)30-19-9-17-27(21-30)15-7-8-16-27;1-13-8-12-10(7-11(13)14)9-5-3-2-4-6-9/h1-6,10-13,22,25-26,29H,7-9,14-21H2,(H,28,31);2-8H,1H3. The third kappa shape index (κ3) is 9.14. The Morgan fingerprint density at radius 1 is 0.889 bits per heavy atom. The summed E-state index contributed by atoms with van der Waals surface area (Å²) in [4.78, 5) is 29.1. The molecule has 236 valence electrons. The fraction of sp³-hybridized carbons (Fsp3) is 0.395. The molecule has 3 aromatic carbocycles. The number of aryl methyl sites for hydroxylation is 1. The molecule has 45 heavy (non-hydrogen) atoms. The zero-order valence-corrected chi connectivity index (χ0v) is 26.5. The molecule has 1 spiro atoms. The molecule has 6 rings (SSSR count). The molecule has 1 saturated carbocycles. The molecule has 7 heteroatoms. The molecule has 2 unspecified atom stereocenters. The monoisotopic (exact) mass is 605 g/mol. The Morgan fingerprint density at radius 3 is 2.20 bits per heavy atom. The number of likely N-dealkylation sites (tertiary alicyclic amines) is 1. The van der Waals surface area contributed by atoms with Crippen molar-refractivity contribution >= 4 is 12.1 Å². The number of carbonyl (C=O) groups is 1. The fourth-order valence-corrected chi connectivity index (χ4v) is 7.05. The van der Waals surface area contributed by atoms with Crippen LogP contribution in [0.4, 0.5) is 5.69 Å². The molecule has 2 aliphatic rings. The van der Waals surface area contributed by atoms with E-state index in [1.54, 1.807) is 7.05 Å². The van der Waals surface area contributed by atoms with Crippen LogP contribution >= 0.6 is 0 Å². The first-order valence-electron chi connectivity index (χ1n) is 16.4. The van der Waals surface area contributed by atoms with Crippen molar-refractivity contribution in [3.8, 4) is 11.3 Å². The smallest absolute Gasteiger partial charge is 0.253 e. The molecule has 2 heterocycles. The second kappa shape index (κ2) is 16.2. The Hall–Kier alpha value is -4.23. The number of benzene rings is 3. The van der Waals surface area contributed by atoms with E-state index in [2.05, 4.69) is 81.2 Å². The van der Waals surface area contributed by atoms with Gasteiger partial charge in [-0.2, -0.15) is 0 Å². The highest BCUT2D eigenvalue weighted by atomic mass is 16.1. The third-order valence-corrected chi connectivity index (χ3v) is 9.40. The summed E-state index contributed by atoms with van der Waals surface area (Å²) in [5.74, 6) is 0. The Balaban J connectivity index is 0.000000238. The van der Waals surface area contributed by atoms with Crippen molar-refractivity contribution in [3.05, 3.63) is 119 Å². The summed E-state index contributed by atoms with van der Waals surface area (Å²) in [7, 11) is 1.68. The summed E-state index contributed by atoms with van der Waals surface area (Å²) in [5, 5.41) is 6.62. The highest BCUT2D eigenvalue weighted by Crippen LogP contribution is 2.47. The van der Waals surface area contributed by atoms with Gasteiger partial charge in [0.25, 0.3) is 5.56 Å². The summed E-state index contributed by atoms with van der Waals surface area (Å²) in [6, 6.07) is 33.4. The number of piperidine rings is 1. The lowest BCUT2D eigenvalue weighted by Crippen LogP contribution is -2.45. The van der Waals surface area contributed by atoms with E-state index >= 15 is 0 Å². The summed E-state index contributed by atoms with van der Waals surface area (Å²) >= 11 is 0. The Labute approximate surface area is 267 Å². The summed E-state index contributed by atoms with van der Waals surface area (Å²) < 4.78 is 1.45. The van der Waals surface area contributed by atoms with Crippen LogP contribution in [-0.4, -0.2) is 46.5 Å². The zero-order chi connectivity index (χ0) is 31.3. The Kier molecular flexibility index (Phi) is 11.6. The van der Waals surface area contributed by atoms with Gasteiger partial charge in [0, 0.05) is 49.5 Å². The van der Waals surface area contributed by atoms with Gasteiger partial charge in [0.05, 0.1) is 12.0 Å². The van der Waals surface area contributed by atoms with Crippen molar-refractivity contribution < 1.29 is 4.79 Å². The topological polar surface area (TPSA) is 79.3 Å². The number of hydrogen-bond acceptors (Lipinski definition) is 5. The van der Waals surface area contributed by atoms with Gasteiger partial charge in [-0.05, 0) is 68.2 Å². The molecule has 1 saturated heterocycles. The molecule has 1 aliphatic carbocycles. The van der Waals surface area contributed by atoms with Crippen LogP contribution in [0.2, 0.25) is 0 Å². The van der Waals surface area contributed by atoms with E-state index in [1.807, 2.05) is 30.3 Å². The van der Waals surface area contributed by atoms with Crippen LogP contribution in [0.15, 0.2) is 108 Å². The van der Waals surface area contributed by atoms with Gasteiger partial charge in [0.1, 0.15) is 0 Å². The molecule has 2 fully saturated rings. The van der Waals surface area contributed by atoms with Crippen LogP contribution in [0.3, 0.4) is 0 Å². The molecular formula is C38H47N5O2. The number of anilines is 1. The lowest BCUT2D eigenvalue weighted by molar-refractivity contribution is -0.109. The molecule has 1 aliphatic heterocycles. The van der Waals surface area contributed by atoms with E-state index in [1.165, 1.54) is 74.1 Å². The Bertz CT molecular complexity index is 1500. The predicted octanol–water partition coefficient (Wildman–Crippen LogP) is 6.84. The van der Waals surface area contributed by atoms with Crippen LogP contribution in [-0.2, 0) is 11.8 Å². The van der Waals surface area contributed by atoms with E-state index in [0.717, 1.165) is 30.5 Å². The summed E-state index contributed by atoms with van der Waals surface area (Å²) in [6.45, 7) is 3.11. The average molecular weight is 606 g/mol. The largest absolute Gasteiger partial charge is 0.382 e. The molecule has 2 atom stereocenters. The minimum Gasteiger partial charge on any atom is -0.382 e. The van der Waals surface area contributed by atoms with Crippen LogP contribution in [0, 0.1) is 5.41 Å². The van der Waals surface area contributed by atoms with E-state index < -0.39 is 0 Å². The minimum atomic E-state index is -0.0427. The van der Waals surface area contributed by atoms with Crippen molar-refractivity contribution in [1.29, 1.82) is 0 Å². The number of carbonyl (C=O) groups excluding carboxylic acids is 1. The van der Waals surface area contributed by atoms with Gasteiger partial charge >= 0.3 is 0 Å². The van der Waals surface area contributed by atoms with Gasteiger partial charge in [-0.15, -0.1) is 0 Å². The quantitative estimate of drug-likeness (QED) is 0.145. The zero-order valence-electron chi connectivity index (χ0n) is 26.5. The fourth-order valence-electron chi connectivity index (χ4n) is 7.05. The predicted molar refractivity (Wildman–Crippen MR) is 183 cm³/mol. The van der Waals surface area contributed by atoms with Crippen molar-refractivity contribution in [3.63, 3.8) is 0 Å². The number of amides is 1. The minimum absolute atomic E-state index is 0.0427. The van der Waals surface area contributed by atoms with Gasteiger partial charge < -0.3 is 15.2 Å². The molecule has 0 radical (unpaired) electrons. The van der Waals surface area contributed by atoms with Crippen molar-refractivity contribution in [2.24, 2.45) is 12.5 Å². The molecule has 4 aromatic rings. The normalized spacial score (nSPS) is 17.1. The van der Waals surface area contributed by atoms with E-state index in [9.17, 15) is 9.59 Å². The van der Waals surface area contributed by atoms with Crippen molar-refractivity contribution in [1.82, 2.24) is 19.8 Å². The first-order valence-corrected chi connectivity index (χ1v) is 16.4. The molecule has 1 amide bonds. The highest BCUT2D eigenvalue weighted by Gasteiger charge is 2.40. The van der Waals surface area contributed by atoms with Crippen LogP contribution < -0.4 is 16.2 Å². The maximum absolute atomic E-state index is 11.3. The van der Waals surface area contributed by atoms with Crippen molar-refractivity contribution in [2.45, 2.75) is 63.5 Å². The molecule has 2 N–H and O–H groups in total. The van der Waals surface area contributed by atoms with Gasteiger partial charge in [-0.3, -0.25) is 14.5 Å². The number of nitrogens with one attached hydrogen (secondary N) is 2. The lowest BCUT2D eigenvalue weighted by atomic mass is 9.77. The average Bonchev–Trinajstić information content (AvgIpc) is 3.53. The maximum atomic E-state index is 11.3. The van der Waals surface area contributed by atoms with Gasteiger partial charge in [0.15, 0.2) is 0 Å². The van der Waals surface area contributed by atoms with Gasteiger partial charge in [-0.25, -0.2) is 4.98 Å². The van der Waals surface area contributed by atoms with E-state index in [4.69, 9.17) is 0 Å². The number of aromatic nitrogens is 2. The van der Waals surface area contributed by atoms with Crippen LogP contribution in [0.5, 0.6) is 0 Å². The van der Waals surface area contributed by atoms with Crippen LogP contribution in [0.1, 0.15) is 63.0 Å². The van der Waals surface area contributed by atoms with E-state index in [0.29, 0.717) is 29.7 Å². The molecule has 0 bridgehead atoms. The maximum Gasteiger partial charge on any atom is 0.253 e. The first kappa shape index (κ1) is 32.2. The first-order chi connectivity index (χ1) is 22.0. The second-order valence-corrected chi connectivity index (χ2v) is 12.6. The number of rotatable bonds is 11. The number of para-hydroxylation sites is 1. The van der Waals surface area contributed by atoms with Gasteiger partial charge in [0.2, 0.25) is 6.41 Å². The third-order valence-electron chi connectivity index (χ3n) is 9.40. The SMILES string of the molecule is Cn1cnc(-c2ccccc2)cc1=O.O=CNCCC(CC(c1ccccc1)N1CCCC2(CCCC2)C1)Nc1ccccc1. The summed E-state index contributed by atoms with van der Waals surface area (Å²) in [6.07, 6.45) is 12.6. The molecule has 1 aromatic heterocycles. The summed E-state index contributed by atoms with van der Waals surface area (Å²) in [5.41, 5.74) is 4.75. The molecule has 7 nitrogen and oxygen atoms in total. The van der Waals surface area contributed by atoms with Gasteiger partial charge in [-0.1, -0.05) is 91.7 Å². The van der Waals surface area contributed by atoms with E-state index in [-0.39, 0.29) is 5.56 Å². The Morgan fingerprint density at radius 2 is 1.53 bits per heavy atom. The molecular weight excluding hydrogens is 558 g/mol. The number of nitrogens with zero attached hydrogens (tertiary/aromatic N) is 3.